The third kappa shape index (κ3) is 4.55. The van der Waals surface area contributed by atoms with Gasteiger partial charge in [0.2, 0.25) is 5.91 Å². The molecule has 0 bridgehead atoms. The Balaban J connectivity index is 1.82. The van der Waals surface area contributed by atoms with Crippen LogP contribution >= 0.6 is 11.8 Å². The highest BCUT2D eigenvalue weighted by molar-refractivity contribution is 7.99. The molecule has 3 nitrogen and oxygen atoms in total. The molecule has 1 aromatic carbocycles. The van der Waals surface area contributed by atoms with Crippen molar-refractivity contribution in [2.24, 2.45) is 0 Å². The van der Waals surface area contributed by atoms with Crippen molar-refractivity contribution in [3.8, 4) is 0 Å². The van der Waals surface area contributed by atoms with Gasteiger partial charge >= 0.3 is 0 Å². The van der Waals surface area contributed by atoms with E-state index >= 15 is 0 Å². The van der Waals surface area contributed by atoms with E-state index in [9.17, 15) is 4.79 Å². The first-order valence-corrected chi connectivity index (χ1v) is 8.16. The molecule has 1 saturated heterocycles. The highest BCUT2D eigenvalue weighted by atomic mass is 32.2. The van der Waals surface area contributed by atoms with E-state index in [1.807, 2.05) is 12.1 Å². The number of hydrogen-bond acceptors (Lipinski definition) is 3. The number of unbranched alkanes of at least 4 members (excludes halogenated alkanes) is 2. The summed E-state index contributed by atoms with van der Waals surface area (Å²) < 4.78 is 0. The van der Waals surface area contributed by atoms with Gasteiger partial charge in [-0.3, -0.25) is 10.1 Å². The van der Waals surface area contributed by atoms with E-state index < -0.39 is 0 Å². The van der Waals surface area contributed by atoms with Crippen LogP contribution in [0.15, 0.2) is 24.3 Å². The molecular weight excluding hydrogens is 256 g/mol. The van der Waals surface area contributed by atoms with Crippen molar-refractivity contribution >= 4 is 23.4 Å². The fraction of sp³-hybridized carbons (Fsp3) is 0.533. The van der Waals surface area contributed by atoms with Crippen molar-refractivity contribution in [2.75, 3.05) is 16.9 Å². The normalized spacial score (nSPS) is 18.5. The van der Waals surface area contributed by atoms with Crippen LogP contribution in [-0.4, -0.2) is 23.6 Å². The summed E-state index contributed by atoms with van der Waals surface area (Å²) >= 11 is 1.76. The van der Waals surface area contributed by atoms with Gasteiger partial charge in [0.15, 0.2) is 0 Å². The monoisotopic (exact) mass is 278 g/mol. The zero-order valence-corrected chi connectivity index (χ0v) is 12.3. The maximum atomic E-state index is 11.9. The Labute approximate surface area is 119 Å². The Morgan fingerprint density at radius 1 is 1.37 bits per heavy atom. The first kappa shape index (κ1) is 14.4. The summed E-state index contributed by atoms with van der Waals surface area (Å²) in [7, 11) is 0. The maximum Gasteiger partial charge on any atom is 0.242 e. The van der Waals surface area contributed by atoms with Gasteiger partial charge in [0.1, 0.15) is 0 Å². The number of aryl methyl sites for hydroxylation is 1. The van der Waals surface area contributed by atoms with Crippen LogP contribution in [0.2, 0.25) is 0 Å². The minimum atomic E-state index is -0.0470. The second kappa shape index (κ2) is 7.56. The third-order valence-corrected chi connectivity index (χ3v) is 4.26. The van der Waals surface area contributed by atoms with Gasteiger partial charge in [-0.1, -0.05) is 31.9 Å². The van der Waals surface area contributed by atoms with Gasteiger partial charge in [-0.15, -0.1) is 11.8 Å². The molecule has 1 heterocycles. The number of carbonyl (C=O) groups is 1. The predicted octanol–water partition coefficient (Wildman–Crippen LogP) is 3.02. The van der Waals surface area contributed by atoms with Gasteiger partial charge in [0, 0.05) is 17.3 Å². The summed E-state index contributed by atoms with van der Waals surface area (Å²) in [6.07, 6.45) is 4.90. The van der Waals surface area contributed by atoms with Crippen molar-refractivity contribution in [1.82, 2.24) is 5.32 Å². The minimum absolute atomic E-state index is 0.0470. The fourth-order valence-corrected chi connectivity index (χ4v) is 3.07. The fourth-order valence-electron chi connectivity index (χ4n) is 2.13. The van der Waals surface area contributed by atoms with Crippen molar-refractivity contribution < 1.29 is 4.79 Å². The number of rotatable bonds is 6. The van der Waals surface area contributed by atoms with E-state index in [4.69, 9.17) is 0 Å². The summed E-state index contributed by atoms with van der Waals surface area (Å²) in [5.74, 6) is 1.80. The number of benzene rings is 1. The summed E-state index contributed by atoms with van der Waals surface area (Å²) in [6.45, 7) is 2.22. The molecule has 1 atom stereocenters. The van der Waals surface area contributed by atoms with Crippen LogP contribution in [0.3, 0.4) is 0 Å². The summed E-state index contributed by atoms with van der Waals surface area (Å²) in [5.41, 5.74) is 2.24. The van der Waals surface area contributed by atoms with Crippen LogP contribution in [-0.2, 0) is 11.2 Å². The summed E-state index contributed by atoms with van der Waals surface area (Å²) in [6, 6.07) is 8.18. The van der Waals surface area contributed by atoms with Crippen molar-refractivity contribution in [1.29, 1.82) is 0 Å². The third-order valence-electron chi connectivity index (χ3n) is 3.32. The van der Waals surface area contributed by atoms with Crippen molar-refractivity contribution in [3.63, 3.8) is 0 Å². The van der Waals surface area contributed by atoms with Crippen LogP contribution in [0.4, 0.5) is 5.69 Å². The smallest absolute Gasteiger partial charge is 0.242 e. The summed E-state index contributed by atoms with van der Waals surface area (Å²) in [5, 5.41) is 6.14. The number of hydrogen-bond donors (Lipinski definition) is 2. The molecule has 4 heteroatoms. The molecule has 2 rings (SSSR count). The molecular formula is C15H22N2OS. The maximum absolute atomic E-state index is 11.9. The van der Waals surface area contributed by atoms with E-state index in [-0.39, 0.29) is 11.9 Å². The molecule has 0 aliphatic carbocycles. The zero-order valence-electron chi connectivity index (χ0n) is 11.4. The molecule has 0 unspecified atom stereocenters. The molecule has 0 aromatic heterocycles. The van der Waals surface area contributed by atoms with E-state index in [0.717, 1.165) is 23.7 Å². The molecule has 0 saturated carbocycles. The Hall–Kier alpha value is -1.00. The molecule has 19 heavy (non-hydrogen) atoms. The van der Waals surface area contributed by atoms with E-state index in [2.05, 4.69) is 29.7 Å². The number of anilines is 1. The molecule has 2 N–H and O–H groups in total. The molecule has 104 valence electrons. The lowest BCUT2D eigenvalue weighted by Crippen LogP contribution is -2.37. The Kier molecular flexibility index (Phi) is 5.73. The molecule has 1 fully saturated rings. The lowest BCUT2D eigenvalue weighted by molar-refractivity contribution is -0.117. The largest absolute Gasteiger partial charge is 0.325 e. The molecule has 1 aliphatic heterocycles. The summed E-state index contributed by atoms with van der Waals surface area (Å²) in [4.78, 5) is 11.9. The highest BCUT2D eigenvalue weighted by Crippen LogP contribution is 2.15. The first-order valence-electron chi connectivity index (χ1n) is 7.00. The van der Waals surface area contributed by atoms with E-state index in [1.54, 1.807) is 11.8 Å². The number of thioether (sulfide) groups is 1. The van der Waals surface area contributed by atoms with Crippen LogP contribution < -0.4 is 10.6 Å². The van der Waals surface area contributed by atoms with E-state index in [0.29, 0.717) is 0 Å². The van der Waals surface area contributed by atoms with Crippen LogP contribution in [0.1, 0.15) is 31.7 Å². The van der Waals surface area contributed by atoms with Gasteiger partial charge in [-0.2, -0.15) is 0 Å². The topological polar surface area (TPSA) is 41.1 Å². The van der Waals surface area contributed by atoms with Gasteiger partial charge in [-0.25, -0.2) is 0 Å². The second-order valence-corrected chi connectivity index (χ2v) is 5.95. The Morgan fingerprint density at radius 3 is 2.79 bits per heavy atom. The van der Waals surface area contributed by atoms with Gasteiger partial charge in [0.05, 0.1) is 6.04 Å². The number of nitrogens with one attached hydrogen (secondary N) is 2. The average Bonchev–Trinajstić information content (AvgIpc) is 2.95. The molecule has 0 spiro atoms. The van der Waals surface area contributed by atoms with Crippen LogP contribution in [0.25, 0.3) is 0 Å². The molecule has 1 amide bonds. The van der Waals surface area contributed by atoms with E-state index in [1.165, 1.54) is 24.8 Å². The molecule has 1 aromatic rings. The van der Waals surface area contributed by atoms with Gasteiger partial charge in [0.25, 0.3) is 0 Å². The standard InChI is InChI=1S/C15H22N2OS/c1-2-3-4-5-12-6-8-13(9-7-12)17-15(18)14-10-19-11-16-14/h6-9,14,16H,2-5,10-11H2,1H3,(H,17,18)/t14-/m1/s1. The first-order chi connectivity index (χ1) is 9.29. The molecule has 1 aliphatic rings. The van der Waals surface area contributed by atoms with Crippen molar-refractivity contribution in [3.05, 3.63) is 29.8 Å². The van der Waals surface area contributed by atoms with Crippen molar-refractivity contribution in [2.45, 2.75) is 38.6 Å². The molecule has 0 radical (unpaired) electrons. The average molecular weight is 278 g/mol. The van der Waals surface area contributed by atoms with Gasteiger partial charge < -0.3 is 5.32 Å². The lowest BCUT2D eigenvalue weighted by Gasteiger charge is -2.11. The minimum Gasteiger partial charge on any atom is -0.325 e. The second-order valence-electron chi connectivity index (χ2n) is 4.92. The Morgan fingerprint density at radius 2 is 2.16 bits per heavy atom. The Bertz CT molecular complexity index is 399. The lowest BCUT2D eigenvalue weighted by atomic mass is 10.1. The highest BCUT2D eigenvalue weighted by Gasteiger charge is 2.22. The quantitative estimate of drug-likeness (QED) is 0.786. The van der Waals surface area contributed by atoms with Crippen LogP contribution in [0, 0.1) is 0 Å². The SMILES string of the molecule is CCCCCc1ccc(NC(=O)[C@H]2CSCN2)cc1. The number of amides is 1. The predicted molar refractivity (Wildman–Crippen MR) is 82.5 cm³/mol. The van der Waals surface area contributed by atoms with Gasteiger partial charge in [-0.05, 0) is 30.5 Å². The van der Waals surface area contributed by atoms with Crippen LogP contribution in [0.5, 0.6) is 0 Å². The number of carbonyl (C=O) groups excluding carboxylic acids is 1. The zero-order chi connectivity index (χ0) is 13.5.